The van der Waals surface area contributed by atoms with Crippen molar-refractivity contribution in [2.45, 2.75) is 26.7 Å². The van der Waals surface area contributed by atoms with Gasteiger partial charge in [0, 0.05) is 49.2 Å². The minimum Gasteiger partial charge on any atom is -0.490 e. The first-order chi connectivity index (χ1) is 19.1. The Kier molecular flexibility index (Phi) is 10.5. The Balaban J connectivity index is 1.80. The molecule has 1 amide bonds. The molecule has 0 aliphatic carbocycles. The number of esters is 2. The molecule has 12 nitrogen and oxygen atoms in total. The summed E-state index contributed by atoms with van der Waals surface area (Å²) in [6.07, 6.45) is 0. The Hall–Kier alpha value is -4.58. The number of methoxy groups -OCH3 is 1. The number of nitro groups is 1. The lowest BCUT2D eigenvalue weighted by Crippen LogP contribution is -2.37. The molecule has 1 aliphatic rings. The van der Waals surface area contributed by atoms with Crippen LogP contribution in [0.1, 0.15) is 32.3 Å². The van der Waals surface area contributed by atoms with Gasteiger partial charge in [-0.1, -0.05) is 12.1 Å². The molecule has 1 aliphatic heterocycles. The number of non-ortho nitro benzene ring substituents is 1. The van der Waals surface area contributed by atoms with Crippen molar-refractivity contribution in [3.8, 4) is 5.75 Å². The van der Waals surface area contributed by atoms with Crippen LogP contribution in [-0.2, 0) is 28.6 Å². The minimum atomic E-state index is -1.01. The number of allylic oxidation sites excluding steroid dienone is 1. The lowest BCUT2D eigenvalue weighted by Gasteiger charge is -2.31. The number of hydrogen-bond acceptors (Lipinski definition) is 10. The molecule has 1 N–H and O–H groups in total. The van der Waals surface area contributed by atoms with E-state index in [-0.39, 0.29) is 43.6 Å². The van der Waals surface area contributed by atoms with Gasteiger partial charge in [0.1, 0.15) is 31.5 Å². The number of benzene rings is 2. The summed E-state index contributed by atoms with van der Waals surface area (Å²) >= 11 is 0. The van der Waals surface area contributed by atoms with Gasteiger partial charge in [-0.2, -0.15) is 0 Å². The summed E-state index contributed by atoms with van der Waals surface area (Å²) in [6.45, 7) is 4.75. The molecule has 1 heterocycles. The molecule has 212 valence electrons. The van der Waals surface area contributed by atoms with Crippen LogP contribution < -0.4 is 10.1 Å². The number of hydrogen-bond donors (Lipinski definition) is 1. The zero-order chi connectivity index (χ0) is 29.2. The Morgan fingerprint density at radius 1 is 1.00 bits per heavy atom. The number of ether oxygens (including phenoxy) is 4. The topological polar surface area (TPSA) is 156 Å². The minimum absolute atomic E-state index is 0.00756. The van der Waals surface area contributed by atoms with E-state index < -0.39 is 28.7 Å². The van der Waals surface area contributed by atoms with Crippen molar-refractivity contribution in [3.63, 3.8) is 0 Å². The molecule has 3 rings (SSSR count). The summed E-state index contributed by atoms with van der Waals surface area (Å²) in [5.41, 5.74) is 1.63. The second-order valence-electron chi connectivity index (χ2n) is 8.91. The number of nitrogens with zero attached hydrogens (tertiary/aromatic N) is 2. The predicted octanol–water partition coefficient (Wildman–Crippen LogP) is 3.81. The van der Waals surface area contributed by atoms with Crippen LogP contribution in [0.5, 0.6) is 5.75 Å². The van der Waals surface area contributed by atoms with Crippen LogP contribution in [-0.4, -0.2) is 62.0 Å². The second-order valence-corrected chi connectivity index (χ2v) is 8.91. The third kappa shape index (κ3) is 7.73. The Bertz CT molecular complexity index is 1320. The zero-order valence-corrected chi connectivity index (χ0v) is 22.7. The van der Waals surface area contributed by atoms with Gasteiger partial charge in [-0.3, -0.25) is 24.7 Å². The van der Waals surface area contributed by atoms with Gasteiger partial charge >= 0.3 is 11.9 Å². The highest BCUT2D eigenvalue weighted by atomic mass is 16.6. The van der Waals surface area contributed by atoms with Crippen molar-refractivity contribution in [1.82, 2.24) is 0 Å². The van der Waals surface area contributed by atoms with Crippen LogP contribution in [0.4, 0.5) is 11.4 Å². The normalized spacial score (nSPS) is 16.6. The van der Waals surface area contributed by atoms with Crippen LogP contribution in [0.3, 0.4) is 0 Å². The number of carbonyl (C=O) groups excluding carboxylic acids is 3. The third-order valence-electron chi connectivity index (χ3n) is 6.03. The van der Waals surface area contributed by atoms with E-state index in [2.05, 4.69) is 10.3 Å². The maximum absolute atomic E-state index is 13.4. The summed E-state index contributed by atoms with van der Waals surface area (Å²) in [6, 6.07) is 12.4. The van der Waals surface area contributed by atoms with Crippen LogP contribution in [0.25, 0.3) is 0 Å². The van der Waals surface area contributed by atoms with Crippen LogP contribution >= 0.6 is 0 Å². The zero-order valence-electron chi connectivity index (χ0n) is 22.7. The fourth-order valence-corrected chi connectivity index (χ4v) is 4.32. The van der Waals surface area contributed by atoms with E-state index in [0.717, 1.165) is 0 Å². The Morgan fingerprint density at radius 2 is 1.70 bits per heavy atom. The monoisotopic (exact) mass is 553 g/mol. The molecule has 0 aromatic heterocycles. The van der Waals surface area contributed by atoms with Gasteiger partial charge in [0.15, 0.2) is 0 Å². The van der Waals surface area contributed by atoms with Gasteiger partial charge < -0.3 is 24.3 Å². The molecular weight excluding hydrogens is 522 g/mol. The van der Waals surface area contributed by atoms with Crippen LogP contribution in [0, 0.1) is 16.0 Å². The van der Waals surface area contributed by atoms with E-state index in [1.54, 1.807) is 44.2 Å². The van der Waals surface area contributed by atoms with Crippen LogP contribution in [0.2, 0.25) is 0 Å². The SMILES string of the molecule is COCCOC(=O)C1C(C)=NC(C)=C(C(=O)OCCOc2ccc(NC(C)=O)cc2)[C@H]1c1cccc([N+](=O)[O-])c1. The summed E-state index contributed by atoms with van der Waals surface area (Å²) in [5, 5.41) is 14.1. The number of anilines is 1. The average Bonchev–Trinajstić information content (AvgIpc) is 2.91. The van der Waals surface area contributed by atoms with Crippen LogP contribution in [0.15, 0.2) is 64.8 Å². The maximum atomic E-state index is 13.4. The largest absolute Gasteiger partial charge is 0.490 e. The van der Waals surface area contributed by atoms with Gasteiger partial charge in [-0.05, 0) is 43.7 Å². The number of nitrogens with one attached hydrogen (secondary N) is 1. The second kappa shape index (κ2) is 14.0. The van der Waals surface area contributed by atoms with Crippen molar-refractivity contribution in [3.05, 3.63) is 75.5 Å². The van der Waals surface area contributed by atoms with Gasteiger partial charge in [-0.15, -0.1) is 0 Å². The number of nitro benzene ring substituents is 1. The number of carbonyl (C=O) groups is 3. The molecular formula is C28H31N3O9. The standard InChI is InChI=1S/C28H31N3O9/c1-17-24(27(33)39-13-12-37-4)26(20-6-5-7-22(16-20)31(35)36)25(18(2)29-17)28(34)40-15-14-38-23-10-8-21(9-11-23)30-19(3)32/h5-11,16,24,26H,12-15H2,1-4H3,(H,30,32)/t24?,26-/m0/s1. The fraction of sp³-hybridized carbons (Fsp3) is 0.357. The van der Waals surface area contributed by atoms with Gasteiger partial charge in [-0.25, -0.2) is 4.79 Å². The molecule has 2 aromatic carbocycles. The molecule has 2 atom stereocenters. The summed E-state index contributed by atoms with van der Waals surface area (Å²) in [5.74, 6) is -3.00. The Morgan fingerprint density at radius 3 is 2.35 bits per heavy atom. The Labute approximate surface area is 231 Å². The predicted molar refractivity (Wildman–Crippen MR) is 145 cm³/mol. The third-order valence-corrected chi connectivity index (χ3v) is 6.03. The van der Waals surface area contributed by atoms with E-state index in [1.165, 1.54) is 32.2 Å². The van der Waals surface area contributed by atoms with Crippen molar-refractivity contribution in [2.75, 3.05) is 38.9 Å². The molecule has 0 radical (unpaired) electrons. The molecule has 2 aromatic rings. The lowest BCUT2D eigenvalue weighted by molar-refractivity contribution is -0.384. The summed E-state index contributed by atoms with van der Waals surface area (Å²) in [4.78, 5) is 53.0. The smallest absolute Gasteiger partial charge is 0.336 e. The molecule has 0 fully saturated rings. The van der Waals surface area contributed by atoms with Gasteiger partial charge in [0.25, 0.3) is 5.69 Å². The van der Waals surface area contributed by atoms with Crippen molar-refractivity contribution >= 4 is 34.9 Å². The molecule has 40 heavy (non-hydrogen) atoms. The molecule has 0 spiro atoms. The lowest BCUT2D eigenvalue weighted by atomic mass is 9.75. The highest BCUT2D eigenvalue weighted by Crippen LogP contribution is 2.41. The molecule has 0 bridgehead atoms. The first-order valence-electron chi connectivity index (χ1n) is 12.5. The quantitative estimate of drug-likeness (QED) is 0.179. The molecule has 0 saturated heterocycles. The highest BCUT2D eigenvalue weighted by Gasteiger charge is 2.42. The molecule has 1 unspecified atom stereocenters. The van der Waals surface area contributed by atoms with E-state index in [9.17, 15) is 24.5 Å². The van der Waals surface area contributed by atoms with E-state index in [0.29, 0.717) is 28.4 Å². The van der Waals surface area contributed by atoms with Crippen molar-refractivity contribution in [2.24, 2.45) is 10.9 Å². The van der Waals surface area contributed by atoms with Crippen molar-refractivity contribution < 1.29 is 38.3 Å². The maximum Gasteiger partial charge on any atom is 0.336 e. The highest BCUT2D eigenvalue weighted by molar-refractivity contribution is 6.07. The average molecular weight is 554 g/mol. The van der Waals surface area contributed by atoms with E-state index in [4.69, 9.17) is 18.9 Å². The van der Waals surface area contributed by atoms with Crippen molar-refractivity contribution in [1.29, 1.82) is 0 Å². The number of aliphatic imine (C=N–C) groups is 1. The first kappa shape index (κ1) is 30.0. The first-order valence-corrected chi connectivity index (χ1v) is 12.5. The van der Waals surface area contributed by atoms with Gasteiger partial charge in [0.2, 0.25) is 5.91 Å². The number of amides is 1. The number of rotatable bonds is 12. The van der Waals surface area contributed by atoms with E-state index >= 15 is 0 Å². The summed E-state index contributed by atoms with van der Waals surface area (Å²) in [7, 11) is 1.47. The van der Waals surface area contributed by atoms with Gasteiger partial charge in [0.05, 0.1) is 17.1 Å². The molecule has 0 saturated carbocycles. The summed E-state index contributed by atoms with van der Waals surface area (Å²) < 4.78 is 21.4. The fourth-order valence-electron chi connectivity index (χ4n) is 4.32. The molecule has 12 heteroatoms. The van der Waals surface area contributed by atoms with E-state index in [1.807, 2.05) is 0 Å².